The maximum absolute atomic E-state index is 12.2. The fourth-order valence-corrected chi connectivity index (χ4v) is 2.98. The van der Waals surface area contributed by atoms with Crippen LogP contribution in [0.4, 0.5) is 0 Å². The van der Waals surface area contributed by atoms with Gasteiger partial charge in [0.05, 0.1) is 17.9 Å². The average Bonchev–Trinajstić information content (AvgIpc) is 2.47. The topological polar surface area (TPSA) is 26.3 Å². The molecule has 0 aliphatic rings. The van der Waals surface area contributed by atoms with Crippen molar-refractivity contribution >= 4 is 40.7 Å². The molecule has 0 saturated heterocycles. The lowest BCUT2D eigenvalue weighted by atomic mass is 10.1. The molecule has 0 bridgehead atoms. The quantitative estimate of drug-likeness (QED) is 0.572. The van der Waals surface area contributed by atoms with Crippen LogP contribution in [-0.2, 0) is 0 Å². The van der Waals surface area contributed by atoms with Gasteiger partial charge in [0.15, 0.2) is 5.78 Å². The van der Waals surface area contributed by atoms with Gasteiger partial charge in [0.2, 0.25) is 0 Å². The molecule has 5 heteroatoms. The molecule has 2 aromatic rings. The third kappa shape index (κ3) is 3.69. The normalized spacial score (nSPS) is 10.3. The highest BCUT2D eigenvalue weighted by atomic mass is 35.5. The largest absolute Gasteiger partial charge is 0.496 e. The molecule has 0 aliphatic heterocycles. The van der Waals surface area contributed by atoms with Gasteiger partial charge in [-0.15, -0.1) is 11.8 Å². The van der Waals surface area contributed by atoms with Gasteiger partial charge in [-0.05, 0) is 30.3 Å². The third-order valence-electron chi connectivity index (χ3n) is 2.66. The van der Waals surface area contributed by atoms with Gasteiger partial charge >= 0.3 is 0 Å². The van der Waals surface area contributed by atoms with E-state index in [0.717, 1.165) is 10.6 Å². The second-order valence-electron chi connectivity index (χ2n) is 3.99. The predicted octanol–water partition coefficient (Wildman–Crippen LogP) is 4.98. The molecular formula is C15H12Cl2O2S. The first-order chi connectivity index (χ1) is 9.61. The second kappa shape index (κ2) is 7.02. The summed E-state index contributed by atoms with van der Waals surface area (Å²) in [5, 5.41) is 0.917. The number of carbonyl (C=O) groups is 1. The fourth-order valence-electron chi connectivity index (χ4n) is 1.67. The van der Waals surface area contributed by atoms with E-state index in [1.54, 1.807) is 25.3 Å². The SMILES string of the molecule is COc1ccccc1SCC(=O)c1cc(Cl)ccc1Cl. The Kier molecular flexibility index (Phi) is 5.35. The highest BCUT2D eigenvalue weighted by molar-refractivity contribution is 8.00. The number of hydrogen-bond acceptors (Lipinski definition) is 3. The number of halogens is 2. The predicted molar refractivity (Wildman–Crippen MR) is 84.5 cm³/mol. The van der Waals surface area contributed by atoms with Gasteiger partial charge in [-0.25, -0.2) is 0 Å². The number of ketones is 1. The molecule has 0 amide bonds. The summed E-state index contributed by atoms with van der Waals surface area (Å²) in [5.41, 5.74) is 0.446. The highest BCUT2D eigenvalue weighted by Gasteiger charge is 2.12. The number of hydrogen-bond donors (Lipinski definition) is 0. The van der Waals surface area contributed by atoms with Gasteiger partial charge in [0.25, 0.3) is 0 Å². The van der Waals surface area contributed by atoms with E-state index in [2.05, 4.69) is 0 Å². The Morgan fingerprint density at radius 3 is 2.70 bits per heavy atom. The summed E-state index contributed by atoms with van der Waals surface area (Å²) < 4.78 is 5.25. The van der Waals surface area contributed by atoms with Gasteiger partial charge in [-0.2, -0.15) is 0 Å². The maximum atomic E-state index is 12.2. The van der Waals surface area contributed by atoms with Crippen LogP contribution in [0.25, 0.3) is 0 Å². The Morgan fingerprint density at radius 2 is 1.95 bits per heavy atom. The van der Waals surface area contributed by atoms with Gasteiger partial charge in [-0.3, -0.25) is 4.79 Å². The first-order valence-electron chi connectivity index (χ1n) is 5.86. The zero-order valence-electron chi connectivity index (χ0n) is 10.7. The maximum Gasteiger partial charge on any atom is 0.174 e. The number of thioether (sulfide) groups is 1. The molecule has 2 rings (SSSR count). The van der Waals surface area contributed by atoms with Crippen LogP contribution in [0.5, 0.6) is 5.75 Å². The summed E-state index contributed by atoms with van der Waals surface area (Å²) >= 11 is 13.3. The smallest absolute Gasteiger partial charge is 0.174 e. The molecule has 2 aromatic carbocycles. The molecule has 0 radical (unpaired) electrons. The van der Waals surface area contributed by atoms with Crippen LogP contribution >= 0.6 is 35.0 Å². The lowest BCUT2D eigenvalue weighted by Gasteiger charge is -2.08. The Balaban J connectivity index is 2.11. The van der Waals surface area contributed by atoms with Crippen LogP contribution in [0.15, 0.2) is 47.4 Å². The molecule has 0 heterocycles. The Labute approximate surface area is 132 Å². The number of ether oxygens (including phenoxy) is 1. The number of benzene rings is 2. The molecule has 0 aliphatic carbocycles. The molecule has 0 fully saturated rings. The van der Waals surface area contributed by atoms with E-state index in [9.17, 15) is 4.79 Å². The first-order valence-corrected chi connectivity index (χ1v) is 7.60. The van der Waals surface area contributed by atoms with Crippen molar-refractivity contribution < 1.29 is 9.53 Å². The molecule has 2 nitrogen and oxygen atoms in total. The molecular weight excluding hydrogens is 315 g/mol. The average molecular weight is 327 g/mol. The number of carbonyl (C=O) groups excluding carboxylic acids is 1. The zero-order valence-corrected chi connectivity index (χ0v) is 13.1. The summed E-state index contributed by atoms with van der Waals surface area (Å²) in [6.45, 7) is 0. The van der Waals surface area contributed by atoms with Crippen molar-refractivity contribution in [3.05, 3.63) is 58.1 Å². The van der Waals surface area contributed by atoms with Crippen molar-refractivity contribution in [2.24, 2.45) is 0 Å². The molecule has 20 heavy (non-hydrogen) atoms. The van der Waals surface area contributed by atoms with E-state index in [1.165, 1.54) is 11.8 Å². The molecule has 0 N–H and O–H groups in total. The van der Waals surface area contributed by atoms with Crippen molar-refractivity contribution in [3.63, 3.8) is 0 Å². The first kappa shape index (κ1) is 15.2. The van der Waals surface area contributed by atoms with E-state index in [1.807, 2.05) is 24.3 Å². The summed E-state index contributed by atoms with van der Waals surface area (Å²) in [6, 6.07) is 12.4. The van der Waals surface area contributed by atoms with Crippen LogP contribution in [0.1, 0.15) is 10.4 Å². The number of rotatable bonds is 5. The number of methoxy groups -OCH3 is 1. The van der Waals surface area contributed by atoms with Crippen molar-refractivity contribution in [3.8, 4) is 5.75 Å². The standard InChI is InChI=1S/C15H12Cl2O2S/c1-19-14-4-2-3-5-15(14)20-9-13(18)11-8-10(16)6-7-12(11)17/h2-8H,9H2,1H3. The van der Waals surface area contributed by atoms with Crippen LogP contribution in [0.3, 0.4) is 0 Å². The van der Waals surface area contributed by atoms with Crippen molar-refractivity contribution in [1.82, 2.24) is 0 Å². The fraction of sp³-hybridized carbons (Fsp3) is 0.133. The Morgan fingerprint density at radius 1 is 1.20 bits per heavy atom. The van der Waals surface area contributed by atoms with E-state index >= 15 is 0 Å². The Hall–Kier alpha value is -1.16. The van der Waals surface area contributed by atoms with Crippen molar-refractivity contribution in [2.45, 2.75) is 4.90 Å². The summed E-state index contributed by atoms with van der Waals surface area (Å²) in [6.07, 6.45) is 0. The molecule has 0 aromatic heterocycles. The highest BCUT2D eigenvalue weighted by Crippen LogP contribution is 2.30. The molecule has 0 unspecified atom stereocenters. The number of para-hydroxylation sites is 1. The van der Waals surface area contributed by atoms with Crippen molar-refractivity contribution in [2.75, 3.05) is 12.9 Å². The van der Waals surface area contributed by atoms with Crippen LogP contribution in [-0.4, -0.2) is 18.6 Å². The lowest BCUT2D eigenvalue weighted by molar-refractivity contribution is 0.102. The minimum Gasteiger partial charge on any atom is -0.496 e. The van der Waals surface area contributed by atoms with E-state index < -0.39 is 0 Å². The van der Waals surface area contributed by atoms with Gasteiger partial charge in [0.1, 0.15) is 5.75 Å². The summed E-state index contributed by atoms with van der Waals surface area (Å²) in [5.74, 6) is 0.969. The third-order valence-corrected chi connectivity index (χ3v) is 4.28. The van der Waals surface area contributed by atoms with Crippen LogP contribution < -0.4 is 4.74 Å². The molecule has 0 saturated carbocycles. The van der Waals surface area contributed by atoms with Crippen molar-refractivity contribution in [1.29, 1.82) is 0 Å². The molecule has 104 valence electrons. The van der Waals surface area contributed by atoms with Crippen LogP contribution in [0, 0.1) is 0 Å². The Bertz CT molecular complexity index is 629. The lowest BCUT2D eigenvalue weighted by Crippen LogP contribution is -2.03. The zero-order chi connectivity index (χ0) is 14.5. The summed E-state index contributed by atoms with van der Waals surface area (Å²) in [4.78, 5) is 13.1. The van der Waals surface area contributed by atoms with Gasteiger partial charge in [-0.1, -0.05) is 35.3 Å². The van der Waals surface area contributed by atoms with Gasteiger partial charge in [0, 0.05) is 15.5 Å². The second-order valence-corrected chi connectivity index (χ2v) is 5.85. The minimum absolute atomic E-state index is 0.0617. The van der Waals surface area contributed by atoms with E-state index in [-0.39, 0.29) is 11.5 Å². The van der Waals surface area contributed by atoms with E-state index in [0.29, 0.717) is 15.6 Å². The molecule has 0 atom stereocenters. The minimum atomic E-state index is -0.0617. The summed E-state index contributed by atoms with van der Waals surface area (Å²) in [7, 11) is 1.61. The van der Waals surface area contributed by atoms with E-state index in [4.69, 9.17) is 27.9 Å². The molecule has 0 spiro atoms. The van der Waals surface area contributed by atoms with Gasteiger partial charge < -0.3 is 4.74 Å². The van der Waals surface area contributed by atoms with Crippen LogP contribution in [0.2, 0.25) is 10.0 Å². The number of Topliss-reactive ketones (excluding diaryl/α,β-unsaturated/α-hetero) is 1. The monoisotopic (exact) mass is 326 g/mol.